The highest BCUT2D eigenvalue weighted by atomic mass is 35.5. The monoisotopic (exact) mass is 332 g/mol. The van der Waals surface area contributed by atoms with Crippen molar-refractivity contribution in [3.05, 3.63) is 47.1 Å². The lowest BCUT2D eigenvalue weighted by atomic mass is 9.95. The molecule has 5 nitrogen and oxygen atoms in total. The molecule has 1 aliphatic rings. The third kappa shape index (κ3) is 3.24. The number of hydrogen-bond acceptors (Lipinski definition) is 4. The van der Waals surface area contributed by atoms with Gasteiger partial charge in [0.05, 0.1) is 18.1 Å². The molecule has 1 aliphatic heterocycles. The molecule has 23 heavy (non-hydrogen) atoms. The molecule has 1 amide bonds. The number of aromatic nitrogens is 1. The molecule has 0 fully saturated rings. The minimum Gasteiger partial charge on any atom is -0.497 e. The van der Waals surface area contributed by atoms with Crippen molar-refractivity contribution in [3.8, 4) is 11.5 Å². The summed E-state index contributed by atoms with van der Waals surface area (Å²) in [6.45, 7) is 0.357. The van der Waals surface area contributed by atoms with E-state index in [9.17, 15) is 4.79 Å². The molecule has 0 saturated carbocycles. The van der Waals surface area contributed by atoms with Gasteiger partial charge in [-0.1, -0.05) is 11.6 Å². The topological polar surface area (TPSA) is 51.7 Å². The number of halogens is 1. The largest absolute Gasteiger partial charge is 0.497 e. The first-order valence-corrected chi connectivity index (χ1v) is 7.65. The van der Waals surface area contributed by atoms with Gasteiger partial charge in [-0.3, -0.25) is 9.69 Å². The fraction of sp³-hybridized carbons (Fsp3) is 0.294. The number of benzene rings is 1. The maximum Gasteiger partial charge on any atom is 0.234 e. The van der Waals surface area contributed by atoms with Crippen LogP contribution in [0.5, 0.6) is 11.5 Å². The zero-order valence-corrected chi connectivity index (χ0v) is 13.7. The van der Waals surface area contributed by atoms with Crippen molar-refractivity contribution in [2.45, 2.75) is 6.42 Å². The minimum absolute atomic E-state index is 0.0340. The van der Waals surface area contributed by atoms with Gasteiger partial charge in [-0.15, -0.1) is 0 Å². The Hall–Kier alpha value is -2.27. The number of fused-ring (bicyclic) bond motifs is 1. The van der Waals surface area contributed by atoms with Gasteiger partial charge in [0, 0.05) is 13.2 Å². The van der Waals surface area contributed by atoms with Gasteiger partial charge in [0.1, 0.15) is 23.9 Å². The molecule has 0 spiro atoms. The molecule has 0 bridgehead atoms. The molecule has 3 rings (SSSR count). The van der Waals surface area contributed by atoms with E-state index in [4.69, 9.17) is 21.1 Å². The lowest BCUT2D eigenvalue weighted by Crippen LogP contribution is -2.39. The summed E-state index contributed by atoms with van der Waals surface area (Å²) in [5, 5.41) is 0.539. The highest BCUT2D eigenvalue weighted by molar-refractivity contribution is 6.30. The Balaban J connectivity index is 1.76. The number of amides is 1. The Morgan fingerprint density at radius 1 is 1.39 bits per heavy atom. The van der Waals surface area contributed by atoms with Crippen LogP contribution in [0.15, 0.2) is 36.5 Å². The molecule has 1 aromatic carbocycles. The van der Waals surface area contributed by atoms with Crippen LogP contribution in [-0.2, 0) is 11.2 Å². The first kappa shape index (κ1) is 15.6. The predicted octanol–water partition coefficient (Wildman–Crippen LogP) is 2.96. The molecule has 120 valence electrons. The van der Waals surface area contributed by atoms with E-state index < -0.39 is 0 Å². The van der Waals surface area contributed by atoms with E-state index in [1.54, 1.807) is 26.3 Å². The average molecular weight is 333 g/mol. The van der Waals surface area contributed by atoms with Crippen LogP contribution in [-0.4, -0.2) is 31.7 Å². The van der Waals surface area contributed by atoms with Crippen LogP contribution in [0.1, 0.15) is 5.56 Å². The Morgan fingerprint density at radius 2 is 2.22 bits per heavy atom. The molecule has 2 heterocycles. The molecular weight excluding hydrogens is 316 g/mol. The zero-order chi connectivity index (χ0) is 16.4. The summed E-state index contributed by atoms with van der Waals surface area (Å²) < 4.78 is 10.9. The second-order valence-corrected chi connectivity index (χ2v) is 5.85. The third-order valence-corrected chi connectivity index (χ3v) is 4.13. The summed E-state index contributed by atoms with van der Waals surface area (Å²) in [6, 6.07) is 9.07. The van der Waals surface area contributed by atoms with Crippen molar-refractivity contribution in [2.24, 2.45) is 5.92 Å². The highest BCUT2D eigenvalue weighted by Crippen LogP contribution is 2.31. The van der Waals surface area contributed by atoms with Gasteiger partial charge in [0.25, 0.3) is 0 Å². The Kier molecular flexibility index (Phi) is 4.39. The number of ether oxygens (including phenoxy) is 2. The van der Waals surface area contributed by atoms with Crippen molar-refractivity contribution in [1.29, 1.82) is 0 Å². The number of anilines is 1. The van der Waals surface area contributed by atoms with E-state index in [0.29, 0.717) is 23.9 Å². The van der Waals surface area contributed by atoms with Gasteiger partial charge in [-0.25, -0.2) is 4.98 Å². The molecular formula is C17H17ClN2O3. The van der Waals surface area contributed by atoms with Crippen LogP contribution in [0, 0.1) is 5.92 Å². The number of rotatable bonds is 3. The van der Waals surface area contributed by atoms with Gasteiger partial charge in [-0.2, -0.15) is 0 Å². The van der Waals surface area contributed by atoms with Gasteiger partial charge >= 0.3 is 0 Å². The average Bonchev–Trinajstić information content (AvgIpc) is 2.60. The van der Waals surface area contributed by atoms with Crippen LogP contribution >= 0.6 is 11.6 Å². The number of pyridine rings is 1. The van der Waals surface area contributed by atoms with Gasteiger partial charge < -0.3 is 9.47 Å². The second kappa shape index (κ2) is 6.46. The summed E-state index contributed by atoms with van der Waals surface area (Å²) in [5.74, 6) is 1.84. The summed E-state index contributed by atoms with van der Waals surface area (Å²) in [6.07, 6.45) is 2.14. The van der Waals surface area contributed by atoms with Crippen LogP contribution in [0.4, 0.5) is 5.82 Å². The number of carbonyl (C=O) groups excluding carboxylic acids is 1. The minimum atomic E-state index is -0.253. The standard InChI is InChI=1S/C17H17ClN2O3/c1-20(16-6-3-13(18)9-19-16)17(21)12-7-11-8-14(22-2)4-5-15(11)23-10-12/h3-6,8-9,12H,7,10H2,1-2H3/t12-/m1/s1. The number of nitrogens with zero attached hydrogens (tertiary/aromatic N) is 2. The van der Waals surface area contributed by atoms with E-state index >= 15 is 0 Å². The predicted molar refractivity (Wildman–Crippen MR) is 88.3 cm³/mol. The first-order valence-electron chi connectivity index (χ1n) is 7.27. The van der Waals surface area contributed by atoms with Crippen LogP contribution < -0.4 is 14.4 Å². The number of methoxy groups -OCH3 is 1. The van der Waals surface area contributed by atoms with Gasteiger partial charge in [0.15, 0.2) is 0 Å². The molecule has 0 N–H and O–H groups in total. The number of hydrogen-bond donors (Lipinski definition) is 0. The van der Waals surface area contributed by atoms with Crippen molar-refractivity contribution in [1.82, 2.24) is 4.98 Å². The summed E-state index contributed by atoms with van der Waals surface area (Å²) >= 11 is 5.83. The quantitative estimate of drug-likeness (QED) is 0.867. The number of carbonyl (C=O) groups is 1. The molecule has 1 atom stereocenters. The van der Waals surface area contributed by atoms with Crippen LogP contribution in [0.2, 0.25) is 5.02 Å². The molecule has 0 saturated heterocycles. The third-order valence-electron chi connectivity index (χ3n) is 3.91. The second-order valence-electron chi connectivity index (χ2n) is 5.42. The van der Waals surface area contributed by atoms with E-state index in [-0.39, 0.29) is 11.8 Å². The first-order chi connectivity index (χ1) is 11.1. The highest BCUT2D eigenvalue weighted by Gasteiger charge is 2.29. The molecule has 0 aliphatic carbocycles. The Bertz CT molecular complexity index is 718. The molecule has 2 aromatic rings. The molecule has 6 heteroatoms. The fourth-order valence-corrected chi connectivity index (χ4v) is 2.72. The lowest BCUT2D eigenvalue weighted by Gasteiger charge is -2.28. The summed E-state index contributed by atoms with van der Waals surface area (Å²) in [5.41, 5.74) is 0.978. The maximum absolute atomic E-state index is 12.7. The molecule has 0 radical (unpaired) electrons. The van der Waals surface area contributed by atoms with E-state index in [0.717, 1.165) is 17.1 Å². The molecule has 0 unspecified atom stereocenters. The summed E-state index contributed by atoms with van der Waals surface area (Å²) in [7, 11) is 3.33. The fourth-order valence-electron chi connectivity index (χ4n) is 2.61. The van der Waals surface area contributed by atoms with Crippen LogP contribution in [0.3, 0.4) is 0 Å². The van der Waals surface area contributed by atoms with Crippen molar-refractivity contribution in [3.63, 3.8) is 0 Å². The van der Waals surface area contributed by atoms with Crippen molar-refractivity contribution in [2.75, 3.05) is 25.7 Å². The van der Waals surface area contributed by atoms with Gasteiger partial charge in [-0.05, 0) is 42.3 Å². The van der Waals surface area contributed by atoms with E-state index in [1.165, 1.54) is 11.1 Å². The lowest BCUT2D eigenvalue weighted by molar-refractivity contribution is -0.123. The Morgan fingerprint density at radius 3 is 2.91 bits per heavy atom. The normalized spacial score (nSPS) is 16.2. The van der Waals surface area contributed by atoms with Crippen molar-refractivity contribution >= 4 is 23.3 Å². The molecule has 1 aromatic heterocycles. The SMILES string of the molecule is COc1ccc2c(c1)C[C@@H](C(=O)N(C)c1ccc(Cl)cn1)CO2. The summed E-state index contributed by atoms with van der Waals surface area (Å²) in [4.78, 5) is 18.4. The van der Waals surface area contributed by atoms with E-state index in [1.807, 2.05) is 18.2 Å². The van der Waals surface area contributed by atoms with Crippen molar-refractivity contribution < 1.29 is 14.3 Å². The van der Waals surface area contributed by atoms with Gasteiger partial charge in [0.2, 0.25) is 5.91 Å². The van der Waals surface area contributed by atoms with Crippen LogP contribution in [0.25, 0.3) is 0 Å². The zero-order valence-electron chi connectivity index (χ0n) is 13.0. The van der Waals surface area contributed by atoms with E-state index in [2.05, 4.69) is 4.98 Å². The maximum atomic E-state index is 12.7. The smallest absolute Gasteiger partial charge is 0.234 e. The Labute approximate surface area is 139 Å².